The molecule has 2 aromatic rings. The van der Waals surface area contributed by atoms with Gasteiger partial charge in [-0.1, -0.05) is 42.5 Å². The molecule has 2 nitrogen and oxygen atoms in total. The number of rotatable bonds is 13. The van der Waals surface area contributed by atoms with Crippen molar-refractivity contribution in [1.82, 2.24) is 0 Å². The third kappa shape index (κ3) is 9.78. The fourth-order valence-corrected chi connectivity index (χ4v) is 6.31. The number of ether oxygens (including phenoxy) is 2. The van der Waals surface area contributed by atoms with E-state index in [2.05, 4.69) is 47.7 Å². The molecule has 0 radical (unpaired) electrons. The van der Waals surface area contributed by atoms with Gasteiger partial charge >= 0.3 is 18.4 Å². The molecular formula is C35H39F9O2. The molecule has 2 fully saturated rings. The first-order valence-electron chi connectivity index (χ1n) is 15.7. The lowest BCUT2D eigenvalue weighted by molar-refractivity contribution is -0.306. The molecule has 2 saturated carbocycles. The van der Waals surface area contributed by atoms with Crippen LogP contribution in [-0.2, 0) is 23.8 Å². The predicted molar refractivity (Wildman–Crippen MR) is 157 cm³/mol. The van der Waals surface area contributed by atoms with E-state index < -0.39 is 59.3 Å². The molecule has 11 heteroatoms. The molecule has 2 aliphatic rings. The van der Waals surface area contributed by atoms with Gasteiger partial charge < -0.3 is 9.47 Å². The molecule has 0 saturated heterocycles. The molecule has 46 heavy (non-hydrogen) atoms. The van der Waals surface area contributed by atoms with Crippen molar-refractivity contribution in [3.63, 3.8) is 0 Å². The Hall–Kier alpha value is -2.95. The summed E-state index contributed by atoms with van der Waals surface area (Å²) in [5, 5.41) is 0. The van der Waals surface area contributed by atoms with Crippen molar-refractivity contribution in [3.05, 3.63) is 89.5 Å². The fourth-order valence-electron chi connectivity index (χ4n) is 6.31. The van der Waals surface area contributed by atoms with Crippen LogP contribution in [0.3, 0.4) is 0 Å². The van der Waals surface area contributed by atoms with Crippen molar-refractivity contribution in [2.75, 3.05) is 0 Å². The Kier molecular flexibility index (Phi) is 11.9. The topological polar surface area (TPSA) is 18.5 Å². The Balaban J connectivity index is 1.18. The molecule has 2 aliphatic carbocycles. The number of halogens is 9. The van der Waals surface area contributed by atoms with Crippen LogP contribution < -0.4 is 4.74 Å². The molecule has 0 aromatic heterocycles. The summed E-state index contributed by atoms with van der Waals surface area (Å²) in [6.07, 6.45) is -3.05. The van der Waals surface area contributed by atoms with Gasteiger partial charge in [0.05, 0.1) is 17.9 Å². The van der Waals surface area contributed by atoms with Crippen LogP contribution in [0.4, 0.5) is 39.5 Å². The summed E-state index contributed by atoms with van der Waals surface area (Å²) in [7, 11) is 0. The summed E-state index contributed by atoms with van der Waals surface area (Å²) in [6, 6.07) is 8.54. The van der Waals surface area contributed by atoms with Gasteiger partial charge in [-0.15, -0.1) is 6.58 Å². The maximum Gasteiger partial charge on any atom is 0.422 e. The molecule has 0 aliphatic heterocycles. The Morgan fingerprint density at radius 1 is 0.717 bits per heavy atom. The van der Waals surface area contributed by atoms with E-state index in [1.165, 1.54) is 11.1 Å². The highest BCUT2D eigenvalue weighted by molar-refractivity contribution is 5.32. The van der Waals surface area contributed by atoms with Crippen molar-refractivity contribution < 1.29 is 49.0 Å². The zero-order chi connectivity index (χ0) is 33.5. The number of aryl methyl sites for hydroxylation is 1. The molecule has 0 heterocycles. The van der Waals surface area contributed by atoms with E-state index in [0.29, 0.717) is 31.6 Å². The highest BCUT2D eigenvalue weighted by Crippen LogP contribution is 2.45. The van der Waals surface area contributed by atoms with Crippen LogP contribution in [0, 0.1) is 29.4 Å². The number of hydrogen-bond donors (Lipinski definition) is 0. The summed E-state index contributed by atoms with van der Waals surface area (Å²) in [5.74, 6) is -7.44. The van der Waals surface area contributed by atoms with Crippen molar-refractivity contribution in [2.24, 2.45) is 17.8 Å². The van der Waals surface area contributed by atoms with Crippen LogP contribution in [0.1, 0.15) is 80.9 Å². The minimum Gasteiger partial charge on any atom is -0.432 e. The molecular weight excluding hydrogens is 623 g/mol. The van der Waals surface area contributed by atoms with Gasteiger partial charge in [0.15, 0.2) is 0 Å². The maximum atomic E-state index is 15.1. The van der Waals surface area contributed by atoms with E-state index in [9.17, 15) is 30.7 Å². The monoisotopic (exact) mass is 662 g/mol. The minimum absolute atomic E-state index is 0.0475. The first kappa shape index (κ1) is 35.9. The van der Waals surface area contributed by atoms with Gasteiger partial charge in [0.25, 0.3) is 0 Å². The van der Waals surface area contributed by atoms with E-state index in [4.69, 9.17) is 4.74 Å². The van der Waals surface area contributed by atoms with Gasteiger partial charge in [-0.25, -0.2) is 8.78 Å². The number of alkyl halides is 7. The van der Waals surface area contributed by atoms with Crippen LogP contribution in [0.5, 0.6) is 5.75 Å². The minimum atomic E-state index is -5.36. The van der Waals surface area contributed by atoms with Gasteiger partial charge in [-0.2, -0.15) is 30.7 Å². The van der Waals surface area contributed by atoms with Crippen molar-refractivity contribution in [1.29, 1.82) is 0 Å². The second-order valence-corrected chi connectivity index (χ2v) is 12.3. The summed E-state index contributed by atoms with van der Waals surface area (Å²) in [6.45, 7) is 3.74. The summed E-state index contributed by atoms with van der Waals surface area (Å²) >= 11 is 0. The van der Waals surface area contributed by atoms with Gasteiger partial charge in [0.1, 0.15) is 22.9 Å². The SMILES string of the molecule is C=CCCc1ccc(C/C=C\CC2CCC(C(F)(F)OC3CCC(C(F)(F)Oc4cc(F)c(C(F)(F)F)c(F)c4)CC3)CC2)cc1. The van der Waals surface area contributed by atoms with Crippen molar-refractivity contribution >= 4 is 0 Å². The average molecular weight is 663 g/mol. The third-order valence-electron chi connectivity index (χ3n) is 9.00. The van der Waals surface area contributed by atoms with E-state index >= 15 is 8.78 Å². The maximum absolute atomic E-state index is 15.1. The van der Waals surface area contributed by atoms with Gasteiger partial charge in [-0.05, 0) is 94.1 Å². The normalized spacial score (nSPS) is 23.1. The van der Waals surface area contributed by atoms with E-state index in [-0.39, 0.29) is 37.8 Å². The first-order chi connectivity index (χ1) is 21.7. The molecule has 2 aromatic carbocycles. The van der Waals surface area contributed by atoms with E-state index in [1.807, 2.05) is 6.08 Å². The van der Waals surface area contributed by atoms with Crippen LogP contribution in [0.2, 0.25) is 0 Å². The van der Waals surface area contributed by atoms with Crippen molar-refractivity contribution in [2.45, 2.75) is 102 Å². The number of hydrogen-bond acceptors (Lipinski definition) is 2. The lowest BCUT2D eigenvalue weighted by Crippen LogP contribution is -2.42. The molecule has 0 atom stereocenters. The molecule has 0 amide bonds. The van der Waals surface area contributed by atoms with Gasteiger partial charge in [0.2, 0.25) is 0 Å². The lowest BCUT2D eigenvalue weighted by Gasteiger charge is -2.38. The molecule has 0 N–H and O–H groups in total. The molecule has 4 rings (SSSR count). The van der Waals surface area contributed by atoms with Gasteiger partial charge in [0, 0.05) is 12.1 Å². The smallest absolute Gasteiger partial charge is 0.422 e. The van der Waals surface area contributed by atoms with Crippen molar-refractivity contribution in [3.8, 4) is 5.75 Å². The number of benzene rings is 2. The Labute approximate surface area is 263 Å². The van der Waals surface area contributed by atoms with E-state index in [1.54, 1.807) is 0 Å². The summed E-state index contributed by atoms with van der Waals surface area (Å²) in [5.41, 5.74) is 0.260. The quantitative estimate of drug-likeness (QED) is 0.157. The zero-order valence-corrected chi connectivity index (χ0v) is 25.4. The molecule has 0 unspecified atom stereocenters. The third-order valence-corrected chi connectivity index (χ3v) is 9.00. The summed E-state index contributed by atoms with van der Waals surface area (Å²) < 4.78 is 135. The lowest BCUT2D eigenvalue weighted by atomic mass is 9.79. The standard InChI is InChI=1S/C35H39F9O2/c1-2-3-6-23-9-11-24(12-10-23)7-4-5-8-25-13-15-26(16-14-25)34(41,42)45-28-19-17-27(18-20-28)35(43,44)46-29-21-30(36)32(31(37)22-29)33(38,39)40/h2,4-5,9-12,21-22,25-28H,1,3,6-8,13-20H2/b5-4-. The molecule has 254 valence electrons. The van der Waals surface area contributed by atoms with Crippen LogP contribution in [-0.4, -0.2) is 18.3 Å². The molecule has 0 bridgehead atoms. The predicted octanol–water partition coefficient (Wildman–Crippen LogP) is 11.2. The van der Waals surface area contributed by atoms with Crippen LogP contribution in [0.15, 0.2) is 61.2 Å². The highest BCUT2D eigenvalue weighted by atomic mass is 19.4. The molecule has 0 spiro atoms. The van der Waals surface area contributed by atoms with Gasteiger partial charge in [-0.3, -0.25) is 0 Å². The second kappa shape index (κ2) is 15.3. The zero-order valence-electron chi connectivity index (χ0n) is 25.4. The first-order valence-corrected chi connectivity index (χ1v) is 15.7. The summed E-state index contributed by atoms with van der Waals surface area (Å²) in [4.78, 5) is 0. The second-order valence-electron chi connectivity index (χ2n) is 12.3. The van der Waals surface area contributed by atoms with Crippen LogP contribution >= 0.6 is 0 Å². The Morgan fingerprint density at radius 2 is 1.26 bits per heavy atom. The number of allylic oxidation sites excluding steroid dienone is 3. The largest absolute Gasteiger partial charge is 0.432 e. The fraction of sp³-hybridized carbons (Fsp3) is 0.543. The van der Waals surface area contributed by atoms with Crippen LogP contribution in [0.25, 0.3) is 0 Å². The highest BCUT2D eigenvalue weighted by Gasteiger charge is 2.48. The van der Waals surface area contributed by atoms with E-state index in [0.717, 1.165) is 25.7 Å². The Morgan fingerprint density at radius 3 is 1.83 bits per heavy atom. The average Bonchev–Trinajstić information content (AvgIpc) is 2.98. The Bertz CT molecular complexity index is 1280.